The third-order valence-electron chi connectivity index (χ3n) is 3.90. The summed E-state index contributed by atoms with van der Waals surface area (Å²) in [4.78, 5) is 20.1. The lowest BCUT2D eigenvalue weighted by Crippen LogP contribution is -2.36. The highest BCUT2D eigenvalue weighted by Crippen LogP contribution is 2.28. The Morgan fingerprint density at radius 2 is 2.41 bits per heavy atom. The Balaban J connectivity index is 1.78. The van der Waals surface area contributed by atoms with Gasteiger partial charge in [0.15, 0.2) is 10.8 Å². The number of hydrogen-bond donors (Lipinski definition) is 0. The molecule has 3 rings (SSSR count). The molecule has 6 heteroatoms. The van der Waals surface area contributed by atoms with Crippen LogP contribution < -0.4 is 0 Å². The van der Waals surface area contributed by atoms with E-state index in [9.17, 15) is 4.79 Å². The van der Waals surface area contributed by atoms with Crippen molar-refractivity contribution in [3.8, 4) is 10.8 Å². The highest BCUT2D eigenvalue weighted by Gasteiger charge is 2.25. The van der Waals surface area contributed by atoms with Crippen LogP contribution in [0.1, 0.15) is 28.7 Å². The van der Waals surface area contributed by atoms with Gasteiger partial charge in [-0.05, 0) is 32.4 Å². The molecule has 22 heavy (non-hydrogen) atoms. The number of thiazole rings is 1. The lowest BCUT2D eigenvalue weighted by atomic mass is 10.1. The largest absolute Gasteiger partial charge is 0.462 e. The van der Waals surface area contributed by atoms with Crippen molar-refractivity contribution in [3.63, 3.8) is 0 Å². The molecule has 0 aliphatic carbocycles. The maximum atomic E-state index is 12.8. The third-order valence-corrected chi connectivity index (χ3v) is 4.89. The van der Waals surface area contributed by atoms with Crippen LogP contribution >= 0.6 is 11.3 Å². The van der Waals surface area contributed by atoms with Crippen LogP contribution in [0.25, 0.3) is 10.8 Å². The maximum Gasteiger partial charge on any atom is 0.273 e. The van der Waals surface area contributed by atoms with Crippen molar-refractivity contribution < 1.29 is 13.9 Å². The summed E-state index contributed by atoms with van der Waals surface area (Å²) in [5.41, 5.74) is 0.539. The summed E-state index contributed by atoms with van der Waals surface area (Å²) in [5, 5.41) is 0.756. The van der Waals surface area contributed by atoms with E-state index >= 15 is 0 Å². The molecule has 1 aliphatic heterocycles. The molecule has 0 N–H and O–H groups in total. The Hall–Kier alpha value is -1.66. The molecule has 0 aromatic carbocycles. The number of aryl methyl sites for hydroxylation is 1. The van der Waals surface area contributed by atoms with Crippen molar-refractivity contribution in [1.82, 2.24) is 9.88 Å². The highest BCUT2D eigenvalue weighted by molar-refractivity contribution is 7.15. The van der Waals surface area contributed by atoms with E-state index in [-0.39, 0.29) is 5.91 Å². The summed E-state index contributed by atoms with van der Waals surface area (Å²) in [7, 11) is 0. The van der Waals surface area contributed by atoms with E-state index in [4.69, 9.17) is 9.15 Å². The van der Waals surface area contributed by atoms with Crippen LogP contribution in [0, 0.1) is 12.8 Å². The Labute approximate surface area is 133 Å². The number of aromatic nitrogens is 1. The number of rotatable bonds is 5. The molecular formula is C16H20N2O3S. The van der Waals surface area contributed by atoms with E-state index in [0.717, 1.165) is 36.1 Å². The van der Waals surface area contributed by atoms with Gasteiger partial charge >= 0.3 is 0 Å². The molecule has 0 unspecified atom stereocenters. The van der Waals surface area contributed by atoms with Gasteiger partial charge < -0.3 is 14.1 Å². The van der Waals surface area contributed by atoms with E-state index in [1.54, 1.807) is 6.26 Å². The first-order chi connectivity index (χ1) is 10.7. The number of nitrogens with zero attached hydrogens (tertiary/aromatic N) is 2. The minimum Gasteiger partial charge on any atom is -0.462 e. The molecule has 0 spiro atoms. The zero-order valence-electron chi connectivity index (χ0n) is 12.9. The second kappa shape index (κ2) is 6.62. The average Bonchev–Trinajstić information content (AvgIpc) is 3.25. The molecule has 3 heterocycles. The monoisotopic (exact) mass is 320 g/mol. The molecular weight excluding hydrogens is 300 g/mol. The lowest BCUT2D eigenvalue weighted by Gasteiger charge is -2.23. The molecule has 1 atom stereocenters. The number of furan rings is 1. The topological polar surface area (TPSA) is 55.6 Å². The second-order valence-electron chi connectivity index (χ2n) is 5.47. The van der Waals surface area contributed by atoms with Crippen molar-refractivity contribution in [3.05, 3.63) is 29.0 Å². The Kier molecular flexibility index (Phi) is 4.59. The molecule has 0 radical (unpaired) electrons. The fourth-order valence-electron chi connectivity index (χ4n) is 2.64. The van der Waals surface area contributed by atoms with E-state index < -0.39 is 0 Å². The van der Waals surface area contributed by atoms with E-state index in [0.29, 0.717) is 23.9 Å². The Bertz CT molecular complexity index is 630. The first kappa shape index (κ1) is 15.2. The predicted molar refractivity (Wildman–Crippen MR) is 85.1 cm³/mol. The maximum absolute atomic E-state index is 12.8. The summed E-state index contributed by atoms with van der Waals surface area (Å²) in [6, 6.07) is 3.69. The van der Waals surface area contributed by atoms with Crippen LogP contribution in [0.15, 0.2) is 22.8 Å². The highest BCUT2D eigenvalue weighted by atomic mass is 32.1. The summed E-state index contributed by atoms with van der Waals surface area (Å²) in [6.07, 6.45) is 2.64. The van der Waals surface area contributed by atoms with Gasteiger partial charge in [-0.25, -0.2) is 4.98 Å². The zero-order chi connectivity index (χ0) is 15.5. The van der Waals surface area contributed by atoms with Crippen molar-refractivity contribution in [2.24, 2.45) is 5.92 Å². The Morgan fingerprint density at radius 1 is 1.55 bits per heavy atom. The normalized spacial score (nSPS) is 17.8. The van der Waals surface area contributed by atoms with E-state index in [1.807, 2.05) is 30.9 Å². The van der Waals surface area contributed by atoms with Gasteiger partial charge in [-0.3, -0.25) is 4.79 Å². The van der Waals surface area contributed by atoms with Gasteiger partial charge in [0.05, 0.1) is 12.9 Å². The lowest BCUT2D eigenvalue weighted by molar-refractivity contribution is 0.0725. The predicted octanol–water partition coefficient (Wildman–Crippen LogP) is 3.21. The van der Waals surface area contributed by atoms with Crippen molar-refractivity contribution in [2.75, 3.05) is 26.3 Å². The quantitative estimate of drug-likeness (QED) is 0.849. The molecule has 1 aliphatic rings. The van der Waals surface area contributed by atoms with Crippen LogP contribution in [0.3, 0.4) is 0 Å². The van der Waals surface area contributed by atoms with Crippen molar-refractivity contribution >= 4 is 17.2 Å². The van der Waals surface area contributed by atoms with Gasteiger partial charge in [-0.2, -0.15) is 0 Å². The number of ether oxygens (including phenoxy) is 1. The van der Waals surface area contributed by atoms with Crippen molar-refractivity contribution in [1.29, 1.82) is 0 Å². The molecule has 5 nitrogen and oxygen atoms in total. The number of carbonyl (C=O) groups is 1. The summed E-state index contributed by atoms with van der Waals surface area (Å²) in [6.45, 7) is 6.91. The SMILES string of the molecule is CCN(C[C@H]1CCOC1)C(=O)c1nc(-c2ccco2)sc1C. The fourth-order valence-corrected chi connectivity index (χ4v) is 3.52. The van der Waals surface area contributed by atoms with Gasteiger partial charge in [0, 0.05) is 30.5 Å². The molecule has 1 saturated heterocycles. The average molecular weight is 320 g/mol. The Morgan fingerprint density at radius 3 is 3.05 bits per heavy atom. The van der Waals surface area contributed by atoms with Crippen LogP contribution in [0.2, 0.25) is 0 Å². The van der Waals surface area contributed by atoms with Crippen molar-refractivity contribution in [2.45, 2.75) is 20.3 Å². The molecule has 2 aromatic rings. The number of amides is 1. The molecule has 0 bridgehead atoms. The van der Waals surface area contributed by atoms with Gasteiger partial charge in [0.25, 0.3) is 5.91 Å². The van der Waals surface area contributed by atoms with Crippen LogP contribution in [-0.4, -0.2) is 42.1 Å². The van der Waals surface area contributed by atoms with Crippen LogP contribution in [0.5, 0.6) is 0 Å². The number of hydrogen-bond acceptors (Lipinski definition) is 5. The van der Waals surface area contributed by atoms with Gasteiger partial charge in [-0.15, -0.1) is 11.3 Å². The van der Waals surface area contributed by atoms with Gasteiger partial charge in [0.2, 0.25) is 0 Å². The van der Waals surface area contributed by atoms with Gasteiger partial charge in [0.1, 0.15) is 5.69 Å². The second-order valence-corrected chi connectivity index (χ2v) is 6.68. The van der Waals surface area contributed by atoms with E-state index in [2.05, 4.69) is 4.98 Å². The third kappa shape index (κ3) is 3.08. The molecule has 118 valence electrons. The summed E-state index contributed by atoms with van der Waals surface area (Å²) < 4.78 is 10.8. The molecule has 1 amide bonds. The van der Waals surface area contributed by atoms with Crippen LogP contribution in [0.4, 0.5) is 0 Å². The number of carbonyl (C=O) groups excluding carboxylic acids is 1. The first-order valence-corrected chi connectivity index (χ1v) is 8.39. The van der Waals surface area contributed by atoms with E-state index in [1.165, 1.54) is 11.3 Å². The van der Waals surface area contributed by atoms with Crippen LogP contribution in [-0.2, 0) is 4.74 Å². The summed E-state index contributed by atoms with van der Waals surface area (Å²) >= 11 is 1.49. The fraction of sp³-hybridized carbons (Fsp3) is 0.500. The van der Waals surface area contributed by atoms with Gasteiger partial charge in [-0.1, -0.05) is 0 Å². The standard InChI is InChI=1S/C16H20N2O3S/c1-3-18(9-12-6-8-20-10-12)16(19)14-11(2)22-15(17-14)13-5-4-7-21-13/h4-5,7,12H,3,6,8-10H2,1-2H3/t12-/m1/s1. The molecule has 1 fully saturated rings. The molecule has 2 aromatic heterocycles. The smallest absolute Gasteiger partial charge is 0.273 e. The summed E-state index contributed by atoms with van der Waals surface area (Å²) in [5.74, 6) is 1.15. The molecule has 0 saturated carbocycles. The minimum atomic E-state index is 0.000885. The minimum absolute atomic E-state index is 0.000885. The zero-order valence-corrected chi connectivity index (χ0v) is 13.7. The first-order valence-electron chi connectivity index (χ1n) is 7.57.